The minimum absolute atomic E-state index is 0.0874. The summed E-state index contributed by atoms with van der Waals surface area (Å²) in [5.41, 5.74) is 6.80. The van der Waals surface area contributed by atoms with Crippen LogP contribution in [0.3, 0.4) is 0 Å². The predicted molar refractivity (Wildman–Crippen MR) is 104 cm³/mol. The van der Waals surface area contributed by atoms with Gasteiger partial charge in [0.25, 0.3) is 5.91 Å². The Bertz CT molecular complexity index is 870. The molecular weight excluding hydrogens is 324 g/mol. The molecule has 4 heteroatoms. The van der Waals surface area contributed by atoms with Gasteiger partial charge < -0.3 is 4.74 Å². The smallest absolute Gasteiger partial charge is 0.277 e. The molecule has 0 aliphatic rings. The summed E-state index contributed by atoms with van der Waals surface area (Å²) in [5.74, 6) is 0.336. The van der Waals surface area contributed by atoms with Crippen LogP contribution in [0.25, 0.3) is 11.1 Å². The second-order valence-electron chi connectivity index (χ2n) is 5.88. The van der Waals surface area contributed by atoms with Gasteiger partial charge in [-0.1, -0.05) is 72.3 Å². The van der Waals surface area contributed by atoms with Gasteiger partial charge in [0.1, 0.15) is 5.75 Å². The molecule has 3 aromatic carbocycles. The second kappa shape index (κ2) is 8.62. The number of ether oxygens (including phenoxy) is 1. The number of carbonyl (C=O) groups excluding carboxylic acids is 1. The first-order valence-electron chi connectivity index (χ1n) is 8.37. The van der Waals surface area contributed by atoms with Gasteiger partial charge in [-0.2, -0.15) is 5.10 Å². The van der Waals surface area contributed by atoms with E-state index in [-0.39, 0.29) is 12.5 Å². The quantitative estimate of drug-likeness (QED) is 0.538. The summed E-state index contributed by atoms with van der Waals surface area (Å²) in [6.45, 7) is 1.93. The van der Waals surface area contributed by atoms with Crippen LogP contribution >= 0.6 is 0 Å². The van der Waals surface area contributed by atoms with Gasteiger partial charge in [0.2, 0.25) is 0 Å². The highest BCUT2D eigenvalue weighted by Gasteiger charge is 2.02. The van der Waals surface area contributed by atoms with Gasteiger partial charge in [-0.15, -0.1) is 0 Å². The number of nitrogens with zero attached hydrogens (tertiary/aromatic N) is 1. The molecule has 1 N–H and O–H groups in total. The zero-order valence-corrected chi connectivity index (χ0v) is 14.6. The van der Waals surface area contributed by atoms with E-state index in [4.69, 9.17) is 4.74 Å². The molecule has 4 nitrogen and oxygen atoms in total. The van der Waals surface area contributed by atoms with Gasteiger partial charge in [-0.3, -0.25) is 4.79 Å². The van der Waals surface area contributed by atoms with Crippen molar-refractivity contribution in [1.82, 2.24) is 5.43 Å². The molecule has 0 unspecified atom stereocenters. The van der Waals surface area contributed by atoms with E-state index >= 15 is 0 Å². The zero-order chi connectivity index (χ0) is 18.2. The first-order chi connectivity index (χ1) is 12.7. The maximum Gasteiger partial charge on any atom is 0.277 e. The van der Waals surface area contributed by atoms with Crippen molar-refractivity contribution in [3.05, 3.63) is 90.0 Å². The summed E-state index contributed by atoms with van der Waals surface area (Å²) in [4.78, 5) is 11.8. The SMILES string of the molecule is Cc1ccc(/C=N/NC(=O)COc2ccc(-c3ccccc3)cc2)cc1. The van der Waals surface area contributed by atoms with Crippen molar-refractivity contribution >= 4 is 12.1 Å². The fourth-order valence-corrected chi connectivity index (χ4v) is 2.39. The lowest BCUT2D eigenvalue weighted by molar-refractivity contribution is -0.123. The van der Waals surface area contributed by atoms with Crippen LogP contribution in [0.15, 0.2) is 84.0 Å². The Kier molecular flexibility index (Phi) is 5.78. The Hall–Kier alpha value is -3.40. The van der Waals surface area contributed by atoms with Gasteiger partial charge in [0.05, 0.1) is 6.21 Å². The molecule has 0 bridgehead atoms. The molecule has 0 aliphatic heterocycles. The van der Waals surface area contributed by atoms with Crippen LogP contribution < -0.4 is 10.2 Å². The molecular formula is C22H20N2O2. The van der Waals surface area contributed by atoms with Crippen molar-refractivity contribution in [2.24, 2.45) is 5.10 Å². The summed E-state index contributed by atoms with van der Waals surface area (Å²) in [5, 5.41) is 3.93. The molecule has 130 valence electrons. The average molecular weight is 344 g/mol. The van der Waals surface area contributed by atoms with E-state index in [0.717, 1.165) is 16.7 Å². The first-order valence-corrected chi connectivity index (χ1v) is 8.37. The molecule has 0 saturated carbocycles. The zero-order valence-electron chi connectivity index (χ0n) is 14.6. The van der Waals surface area contributed by atoms with Gasteiger partial charge in [0.15, 0.2) is 6.61 Å². The van der Waals surface area contributed by atoms with E-state index < -0.39 is 0 Å². The fourth-order valence-electron chi connectivity index (χ4n) is 2.39. The van der Waals surface area contributed by atoms with Crippen LogP contribution in [0, 0.1) is 6.92 Å². The predicted octanol–water partition coefficient (Wildman–Crippen LogP) is 4.19. The van der Waals surface area contributed by atoms with Crippen LogP contribution in [-0.4, -0.2) is 18.7 Å². The topological polar surface area (TPSA) is 50.7 Å². The third-order valence-corrected chi connectivity index (χ3v) is 3.81. The summed E-state index contributed by atoms with van der Waals surface area (Å²) in [6, 6.07) is 25.6. The fraction of sp³-hybridized carbons (Fsp3) is 0.0909. The van der Waals surface area contributed by atoms with Crippen molar-refractivity contribution in [1.29, 1.82) is 0 Å². The molecule has 0 radical (unpaired) electrons. The number of hydrogen-bond donors (Lipinski definition) is 1. The summed E-state index contributed by atoms with van der Waals surface area (Å²) in [7, 11) is 0. The number of hydrogen-bond acceptors (Lipinski definition) is 3. The molecule has 0 atom stereocenters. The number of aryl methyl sites for hydroxylation is 1. The third-order valence-electron chi connectivity index (χ3n) is 3.81. The molecule has 3 aromatic rings. The number of benzene rings is 3. The molecule has 0 saturated heterocycles. The first kappa shape index (κ1) is 17.4. The number of carbonyl (C=O) groups is 1. The van der Waals surface area contributed by atoms with E-state index in [1.165, 1.54) is 5.56 Å². The largest absolute Gasteiger partial charge is 0.484 e. The lowest BCUT2D eigenvalue weighted by Crippen LogP contribution is -2.24. The maximum absolute atomic E-state index is 11.8. The highest BCUT2D eigenvalue weighted by atomic mass is 16.5. The Morgan fingerprint density at radius 3 is 2.27 bits per heavy atom. The number of hydrazone groups is 1. The Morgan fingerprint density at radius 1 is 0.923 bits per heavy atom. The van der Waals surface area contributed by atoms with Gasteiger partial charge in [0, 0.05) is 0 Å². The summed E-state index contributed by atoms with van der Waals surface area (Å²) >= 11 is 0. The van der Waals surface area contributed by atoms with Crippen LogP contribution in [0.1, 0.15) is 11.1 Å². The molecule has 0 spiro atoms. The van der Waals surface area contributed by atoms with Crippen molar-refractivity contribution in [2.75, 3.05) is 6.61 Å². The monoisotopic (exact) mass is 344 g/mol. The van der Waals surface area contributed by atoms with E-state index in [1.807, 2.05) is 73.7 Å². The number of nitrogens with one attached hydrogen (secondary N) is 1. The van der Waals surface area contributed by atoms with Gasteiger partial charge in [-0.05, 0) is 35.7 Å². The molecule has 0 heterocycles. The molecule has 0 aliphatic carbocycles. The second-order valence-corrected chi connectivity index (χ2v) is 5.88. The Labute approximate surface area is 153 Å². The number of rotatable bonds is 6. The van der Waals surface area contributed by atoms with Crippen molar-refractivity contribution in [3.8, 4) is 16.9 Å². The lowest BCUT2D eigenvalue weighted by Gasteiger charge is -2.06. The summed E-state index contributed by atoms with van der Waals surface area (Å²) in [6.07, 6.45) is 1.60. The van der Waals surface area contributed by atoms with Crippen molar-refractivity contribution in [2.45, 2.75) is 6.92 Å². The van der Waals surface area contributed by atoms with E-state index in [2.05, 4.69) is 22.7 Å². The van der Waals surface area contributed by atoms with Gasteiger partial charge in [-0.25, -0.2) is 5.43 Å². The lowest BCUT2D eigenvalue weighted by atomic mass is 10.1. The van der Waals surface area contributed by atoms with Crippen LogP contribution in [-0.2, 0) is 4.79 Å². The van der Waals surface area contributed by atoms with Crippen LogP contribution in [0.2, 0.25) is 0 Å². The van der Waals surface area contributed by atoms with Crippen molar-refractivity contribution in [3.63, 3.8) is 0 Å². The molecule has 26 heavy (non-hydrogen) atoms. The summed E-state index contributed by atoms with van der Waals surface area (Å²) < 4.78 is 5.49. The van der Waals surface area contributed by atoms with E-state index in [9.17, 15) is 4.79 Å². The average Bonchev–Trinajstić information content (AvgIpc) is 2.69. The third kappa shape index (κ3) is 5.05. The molecule has 0 fully saturated rings. The normalized spacial score (nSPS) is 10.7. The molecule has 0 aromatic heterocycles. The molecule has 1 amide bonds. The van der Waals surface area contributed by atoms with Crippen LogP contribution in [0.5, 0.6) is 5.75 Å². The van der Waals surface area contributed by atoms with Gasteiger partial charge >= 0.3 is 0 Å². The maximum atomic E-state index is 11.8. The van der Waals surface area contributed by atoms with Crippen molar-refractivity contribution < 1.29 is 9.53 Å². The minimum Gasteiger partial charge on any atom is -0.484 e. The Balaban J connectivity index is 1.47. The molecule has 3 rings (SSSR count). The van der Waals surface area contributed by atoms with E-state index in [1.54, 1.807) is 6.21 Å². The minimum atomic E-state index is -0.305. The van der Waals surface area contributed by atoms with E-state index in [0.29, 0.717) is 5.75 Å². The van der Waals surface area contributed by atoms with Crippen LogP contribution in [0.4, 0.5) is 0 Å². The Morgan fingerprint density at radius 2 is 1.58 bits per heavy atom. The highest BCUT2D eigenvalue weighted by Crippen LogP contribution is 2.21. The highest BCUT2D eigenvalue weighted by molar-refractivity contribution is 5.82. The standard InChI is InChI=1S/C22H20N2O2/c1-17-7-9-18(10-8-17)15-23-24-22(25)16-26-21-13-11-20(12-14-21)19-5-3-2-4-6-19/h2-15H,16H2,1H3,(H,24,25)/b23-15+. The number of amides is 1.